The lowest BCUT2D eigenvalue weighted by Gasteiger charge is -2.11. The second kappa shape index (κ2) is 13.5. The first-order valence-electron chi connectivity index (χ1n) is 13.0. The molecule has 0 bridgehead atoms. The summed E-state index contributed by atoms with van der Waals surface area (Å²) < 4.78 is 39.4. The first-order valence-corrected chi connectivity index (χ1v) is 15.7. The van der Waals surface area contributed by atoms with Crippen molar-refractivity contribution in [3.8, 4) is 10.4 Å². The fourth-order valence-corrected chi connectivity index (χ4v) is 5.71. The molecule has 4 rings (SSSR count). The lowest BCUT2D eigenvalue weighted by molar-refractivity contribution is 0.371. The average molecular weight is 580 g/mol. The summed E-state index contributed by atoms with van der Waals surface area (Å²) >= 11 is 1.61. The smallest absolute Gasteiger partial charge is 0.324 e. The van der Waals surface area contributed by atoms with Gasteiger partial charge in [0, 0.05) is 29.5 Å². The zero-order valence-corrected chi connectivity index (χ0v) is 24.2. The molecule has 0 aliphatic rings. The maximum absolute atomic E-state index is 14.2. The van der Waals surface area contributed by atoms with Crippen LogP contribution in [0.3, 0.4) is 0 Å². The Morgan fingerprint density at radius 3 is 2.40 bits per heavy atom. The first kappa shape index (κ1) is 29.8. The maximum atomic E-state index is 14.2. The molecule has 0 saturated carbocycles. The van der Waals surface area contributed by atoms with Crippen molar-refractivity contribution >= 4 is 30.6 Å². The van der Waals surface area contributed by atoms with Crippen LogP contribution in [-0.2, 0) is 17.5 Å². The Balaban J connectivity index is 1.68. The van der Waals surface area contributed by atoms with Crippen molar-refractivity contribution in [2.45, 2.75) is 33.2 Å². The molecule has 0 atom stereocenters. The van der Waals surface area contributed by atoms with Crippen LogP contribution in [0.1, 0.15) is 39.8 Å². The Morgan fingerprint density at radius 1 is 0.975 bits per heavy atom. The summed E-state index contributed by atoms with van der Waals surface area (Å²) in [4.78, 5) is 19.1. The molecule has 0 amide bonds. The van der Waals surface area contributed by atoms with E-state index in [0.717, 1.165) is 38.8 Å². The topological polar surface area (TPSA) is 69.6 Å². The van der Waals surface area contributed by atoms with Crippen LogP contribution in [0.2, 0.25) is 0 Å². The van der Waals surface area contributed by atoms with Crippen LogP contribution in [0, 0.1) is 25.5 Å². The second-order valence-corrected chi connectivity index (χ2v) is 12.6. The zero-order valence-electron chi connectivity index (χ0n) is 22.5. The van der Waals surface area contributed by atoms with E-state index in [1.54, 1.807) is 11.3 Å². The van der Waals surface area contributed by atoms with Gasteiger partial charge in [-0.1, -0.05) is 36.4 Å². The fraction of sp³-hybridized carbons (Fsp3) is 0.219. The molecule has 0 unspecified atom stereocenters. The number of halogens is 2. The Bertz CT molecular complexity index is 1570. The summed E-state index contributed by atoms with van der Waals surface area (Å²) in [6.07, 6.45) is 2.57. The van der Waals surface area contributed by atoms with Crippen LogP contribution in [0.5, 0.6) is 0 Å². The quantitative estimate of drug-likeness (QED) is 0.0960. The molecule has 4 aromatic rings. The van der Waals surface area contributed by atoms with E-state index in [1.165, 1.54) is 17.7 Å². The molecule has 4 nitrogen and oxygen atoms in total. The number of allylic oxidation sites excluding steroid dienone is 1. The van der Waals surface area contributed by atoms with Crippen molar-refractivity contribution in [3.63, 3.8) is 0 Å². The van der Waals surface area contributed by atoms with Crippen LogP contribution in [-0.4, -0.2) is 22.5 Å². The fourth-order valence-electron chi connectivity index (χ4n) is 4.37. The van der Waals surface area contributed by atoms with Crippen LogP contribution in [0.25, 0.3) is 22.1 Å². The molecule has 0 spiro atoms. The Labute approximate surface area is 237 Å². The number of aryl methyl sites for hydroxylation is 2. The van der Waals surface area contributed by atoms with Crippen molar-refractivity contribution in [1.29, 1.82) is 0 Å². The highest BCUT2D eigenvalue weighted by molar-refractivity contribution is 7.51. The molecule has 0 aliphatic heterocycles. The van der Waals surface area contributed by atoms with Crippen molar-refractivity contribution in [2.24, 2.45) is 0 Å². The van der Waals surface area contributed by atoms with E-state index in [-0.39, 0.29) is 6.16 Å². The standard InChI is InChI=1S/C32H32F2NO3PS/c1-22-6-7-24(15-23(22)2)16-27(28-18-29(33)20-30(34)19-28)11-10-26-9-8-25(17-31(26)32-5-3-14-40-32)21-35-12-4-13-39(36,37)38/h3,5-10,14-15,17-20,35H,4,12-13,16,21H2,1-2H3,(H2,36,37,38). The molecule has 40 heavy (non-hydrogen) atoms. The third-order valence-corrected chi connectivity index (χ3v) is 8.40. The van der Waals surface area contributed by atoms with E-state index in [1.807, 2.05) is 61.7 Å². The first-order chi connectivity index (χ1) is 19.1. The van der Waals surface area contributed by atoms with Crippen molar-refractivity contribution in [2.75, 3.05) is 12.7 Å². The van der Waals surface area contributed by atoms with Gasteiger partial charge in [0.25, 0.3) is 0 Å². The monoisotopic (exact) mass is 579 g/mol. The Kier molecular flexibility index (Phi) is 10.0. The summed E-state index contributed by atoms with van der Waals surface area (Å²) in [6, 6.07) is 19.8. The Morgan fingerprint density at radius 2 is 1.73 bits per heavy atom. The van der Waals surface area contributed by atoms with Crippen molar-refractivity contribution in [3.05, 3.63) is 123 Å². The minimum atomic E-state index is -3.99. The van der Waals surface area contributed by atoms with Gasteiger partial charge >= 0.3 is 7.60 Å². The summed E-state index contributed by atoms with van der Waals surface area (Å²) in [5, 5.41) is 5.25. The molecule has 0 radical (unpaired) electrons. The second-order valence-electron chi connectivity index (χ2n) is 9.84. The molecule has 3 N–H and O–H groups in total. The van der Waals surface area contributed by atoms with E-state index in [4.69, 9.17) is 9.79 Å². The van der Waals surface area contributed by atoms with Crippen LogP contribution in [0.4, 0.5) is 8.78 Å². The normalized spacial score (nSPS) is 11.3. The van der Waals surface area contributed by atoms with Gasteiger partial charge in [0.2, 0.25) is 0 Å². The largest absolute Gasteiger partial charge is 0.325 e. The van der Waals surface area contributed by atoms with Gasteiger partial charge in [-0.2, -0.15) is 0 Å². The molecule has 0 saturated heterocycles. The Hall–Kier alpha value is -3.15. The summed E-state index contributed by atoms with van der Waals surface area (Å²) in [7, 11) is -3.99. The van der Waals surface area contributed by atoms with Gasteiger partial charge in [0.1, 0.15) is 11.6 Å². The van der Waals surface area contributed by atoms with Crippen LogP contribution >= 0.6 is 18.9 Å². The number of thiophene rings is 1. The van der Waals surface area contributed by atoms with Crippen LogP contribution < -0.4 is 5.32 Å². The molecule has 3 aromatic carbocycles. The summed E-state index contributed by atoms with van der Waals surface area (Å²) in [5.74, 6) is -1.27. The van der Waals surface area contributed by atoms with E-state index in [2.05, 4.69) is 23.2 Å². The third-order valence-electron chi connectivity index (χ3n) is 6.60. The highest BCUT2D eigenvalue weighted by Gasteiger charge is 2.12. The summed E-state index contributed by atoms with van der Waals surface area (Å²) in [6.45, 7) is 5.14. The third kappa shape index (κ3) is 8.67. The number of nitrogens with one attached hydrogen (secondary N) is 1. The van der Waals surface area contributed by atoms with Gasteiger partial charge in [-0.3, -0.25) is 4.57 Å². The highest BCUT2D eigenvalue weighted by Crippen LogP contribution is 2.34. The van der Waals surface area contributed by atoms with Gasteiger partial charge in [0.05, 0.1) is 6.16 Å². The van der Waals surface area contributed by atoms with Crippen molar-refractivity contribution < 1.29 is 23.1 Å². The highest BCUT2D eigenvalue weighted by atomic mass is 32.1. The van der Waals surface area contributed by atoms with E-state index < -0.39 is 19.2 Å². The molecule has 8 heteroatoms. The number of rotatable bonds is 11. The molecular formula is C32H32F2NO3PS. The zero-order chi connectivity index (χ0) is 28.7. The van der Waals surface area contributed by atoms with Crippen LogP contribution in [0.15, 0.2) is 77.8 Å². The van der Waals surface area contributed by atoms with Gasteiger partial charge in [0.15, 0.2) is 0 Å². The molecule has 1 heterocycles. The molecule has 0 fully saturated rings. The maximum Gasteiger partial charge on any atom is 0.325 e. The molecular weight excluding hydrogens is 547 g/mol. The van der Waals surface area contributed by atoms with Gasteiger partial charge < -0.3 is 15.1 Å². The summed E-state index contributed by atoms with van der Waals surface area (Å²) in [5.41, 5.74) is 10.8. The number of benzene rings is 3. The molecule has 0 aliphatic carbocycles. The lowest BCUT2D eigenvalue weighted by atomic mass is 9.95. The minimum Gasteiger partial charge on any atom is -0.324 e. The van der Waals surface area contributed by atoms with E-state index >= 15 is 0 Å². The van der Waals surface area contributed by atoms with Gasteiger partial charge in [-0.05, 0) is 101 Å². The van der Waals surface area contributed by atoms with Crippen molar-refractivity contribution in [1.82, 2.24) is 5.32 Å². The van der Waals surface area contributed by atoms with Gasteiger partial charge in [-0.25, -0.2) is 8.78 Å². The average Bonchev–Trinajstić information content (AvgIpc) is 3.42. The predicted molar refractivity (Wildman–Crippen MR) is 160 cm³/mol. The lowest BCUT2D eigenvalue weighted by Crippen LogP contribution is -2.15. The van der Waals surface area contributed by atoms with E-state index in [0.29, 0.717) is 37.1 Å². The minimum absolute atomic E-state index is 0.143. The number of hydrogen-bond acceptors (Lipinski definition) is 3. The van der Waals surface area contributed by atoms with E-state index in [9.17, 15) is 13.3 Å². The molecule has 208 valence electrons. The van der Waals surface area contributed by atoms with Gasteiger partial charge in [-0.15, -0.1) is 17.1 Å². The molecule has 1 aromatic heterocycles. The number of hydrogen-bond donors (Lipinski definition) is 3. The SMILES string of the molecule is Cc1ccc(CC(=C=Cc2ccc(CNCCCP(=O)(O)O)cc2-c2cccs2)c2cc(F)cc(F)c2)cc1C. The predicted octanol–water partition coefficient (Wildman–Crippen LogP) is 7.91.